The molecule has 1 aliphatic heterocycles. The van der Waals surface area contributed by atoms with Gasteiger partial charge in [0, 0.05) is 11.5 Å². The number of nitrogens with zero attached hydrogens (tertiary/aromatic N) is 2. The maximum absolute atomic E-state index is 13.2. The van der Waals surface area contributed by atoms with E-state index in [1.165, 1.54) is 35.9 Å². The van der Waals surface area contributed by atoms with E-state index in [0.717, 1.165) is 11.1 Å². The standard InChI is InChI=1S/C28H24BrFN2O5S/c1-4-36-27(34)18-7-11-21(12-8-18)31-28-32(2)26(33)25(38-28)14-19-13-23(35-3)24(15-22(19)29)37-16-17-5-9-20(30)10-6-17/h5-15H,4,16H2,1-3H3. The molecule has 196 valence electrons. The normalized spacial score (nSPS) is 15.3. The number of methoxy groups -OCH3 is 1. The van der Waals surface area contributed by atoms with Gasteiger partial charge in [-0.05, 0) is 84.4 Å². The second kappa shape index (κ2) is 12.3. The number of benzene rings is 3. The minimum absolute atomic E-state index is 0.195. The topological polar surface area (TPSA) is 77.4 Å². The molecule has 1 aliphatic rings. The summed E-state index contributed by atoms with van der Waals surface area (Å²) in [6.07, 6.45) is 1.76. The molecule has 10 heteroatoms. The molecule has 0 aliphatic carbocycles. The first kappa shape index (κ1) is 27.4. The zero-order valence-electron chi connectivity index (χ0n) is 20.9. The van der Waals surface area contributed by atoms with Gasteiger partial charge in [-0.1, -0.05) is 28.1 Å². The molecule has 0 N–H and O–H groups in total. The van der Waals surface area contributed by atoms with E-state index < -0.39 is 5.97 Å². The van der Waals surface area contributed by atoms with E-state index in [1.807, 2.05) is 0 Å². The zero-order valence-corrected chi connectivity index (χ0v) is 23.3. The third-order valence-corrected chi connectivity index (χ3v) is 7.23. The summed E-state index contributed by atoms with van der Waals surface area (Å²) in [5.74, 6) is 0.0895. The fourth-order valence-electron chi connectivity index (χ4n) is 3.47. The van der Waals surface area contributed by atoms with Crippen LogP contribution in [0.1, 0.15) is 28.4 Å². The van der Waals surface area contributed by atoms with Gasteiger partial charge in [-0.15, -0.1) is 0 Å². The van der Waals surface area contributed by atoms with Crippen LogP contribution in [0.2, 0.25) is 0 Å². The molecule has 1 saturated heterocycles. The van der Waals surface area contributed by atoms with Crippen LogP contribution in [0.5, 0.6) is 11.5 Å². The number of ether oxygens (including phenoxy) is 3. The summed E-state index contributed by atoms with van der Waals surface area (Å²) >= 11 is 4.80. The summed E-state index contributed by atoms with van der Waals surface area (Å²) in [5, 5.41) is 0.507. The lowest BCUT2D eigenvalue weighted by atomic mass is 10.1. The van der Waals surface area contributed by atoms with Gasteiger partial charge in [0.2, 0.25) is 0 Å². The lowest BCUT2D eigenvalue weighted by Gasteiger charge is -2.13. The second-order valence-electron chi connectivity index (χ2n) is 8.08. The molecule has 4 rings (SSSR count). The van der Waals surface area contributed by atoms with Gasteiger partial charge in [-0.2, -0.15) is 0 Å². The molecule has 0 unspecified atom stereocenters. The predicted molar refractivity (Wildman–Crippen MR) is 149 cm³/mol. The van der Waals surface area contributed by atoms with Gasteiger partial charge in [0.15, 0.2) is 16.7 Å². The van der Waals surface area contributed by atoms with E-state index in [4.69, 9.17) is 14.2 Å². The average molecular weight is 599 g/mol. The predicted octanol–water partition coefficient (Wildman–Crippen LogP) is 6.59. The number of carbonyl (C=O) groups is 2. The minimum Gasteiger partial charge on any atom is -0.493 e. The second-order valence-corrected chi connectivity index (χ2v) is 9.94. The Morgan fingerprint density at radius 2 is 1.82 bits per heavy atom. The fraction of sp³-hybridized carbons (Fsp3) is 0.179. The Balaban J connectivity index is 1.52. The van der Waals surface area contributed by atoms with E-state index in [1.54, 1.807) is 68.6 Å². The molecule has 3 aromatic rings. The first-order chi connectivity index (χ1) is 18.3. The fourth-order valence-corrected chi connectivity index (χ4v) is 4.88. The van der Waals surface area contributed by atoms with Crippen molar-refractivity contribution >= 4 is 56.5 Å². The average Bonchev–Trinajstić information content (AvgIpc) is 3.17. The summed E-state index contributed by atoms with van der Waals surface area (Å²) in [6.45, 7) is 2.29. The quantitative estimate of drug-likeness (QED) is 0.215. The lowest BCUT2D eigenvalue weighted by molar-refractivity contribution is -0.121. The Morgan fingerprint density at radius 1 is 1.11 bits per heavy atom. The van der Waals surface area contributed by atoms with Crippen molar-refractivity contribution in [2.75, 3.05) is 20.8 Å². The maximum atomic E-state index is 13.2. The molecule has 0 bridgehead atoms. The van der Waals surface area contributed by atoms with Gasteiger partial charge >= 0.3 is 5.97 Å². The van der Waals surface area contributed by atoms with Gasteiger partial charge in [0.25, 0.3) is 5.91 Å². The third kappa shape index (κ3) is 6.43. The van der Waals surface area contributed by atoms with Crippen LogP contribution >= 0.6 is 27.7 Å². The number of hydrogen-bond donors (Lipinski definition) is 0. The first-order valence-corrected chi connectivity index (χ1v) is 13.2. The molecule has 0 saturated carbocycles. The monoisotopic (exact) mass is 598 g/mol. The number of halogens is 2. The number of carbonyl (C=O) groups excluding carboxylic acids is 2. The summed E-state index contributed by atoms with van der Waals surface area (Å²) in [5.41, 5.74) is 2.57. The molecule has 1 heterocycles. The Labute approximate surface area is 232 Å². The molecule has 1 fully saturated rings. The van der Waals surface area contributed by atoms with E-state index in [-0.39, 0.29) is 18.3 Å². The molecule has 0 atom stereocenters. The van der Waals surface area contributed by atoms with Crippen LogP contribution in [0.15, 0.2) is 75.0 Å². The number of hydrogen-bond acceptors (Lipinski definition) is 7. The van der Waals surface area contributed by atoms with Crippen molar-refractivity contribution in [3.05, 3.63) is 92.5 Å². The van der Waals surface area contributed by atoms with Crippen LogP contribution in [0.25, 0.3) is 6.08 Å². The van der Waals surface area contributed by atoms with Crippen molar-refractivity contribution < 1.29 is 28.2 Å². The number of likely N-dealkylation sites (N-methyl/N-ethyl adjacent to an activating group) is 1. The van der Waals surface area contributed by atoms with Gasteiger partial charge < -0.3 is 14.2 Å². The largest absolute Gasteiger partial charge is 0.493 e. The van der Waals surface area contributed by atoms with E-state index in [9.17, 15) is 14.0 Å². The summed E-state index contributed by atoms with van der Waals surface area (Å²) < 4.78 is 30.3. The van der Waals surface area contributed by atoms with E-state index in [2.05, 4.69) is 20.9 Å². The van der Waals surface area contributed by atoms with Gasteiger partial charge in [0.1, 0.15) is 12.4 Å². The number of amides is 1. The number of esters is 1. The van der Waals surface area contributed by atoms with E-state index >= 15 is 0 Å². The highest BCUT2D eigenvalue weighted by Gasteiger charge is 2.30. The van der Waals surface area contributed by atoms with Crippen LogP contribution in [0, 0.1) is 5.82 Å². The van der Waals surface area contributed by atoms with Gasteiger partial charge in [-0.3, -0.25) is 9.69 Å². The minimum atomic E-state index is -0.396. The highest BCUT2D eigenvalue weighted by Crippen LogP contribution is 2.38. The van der Waals surface area contributed by atoms with Gasteiger partial charge in [0.05, 0.1) is 29.9 Å². The lowest BCUT2D eigenvalue weighted by Crippen LogP contribution is -2.23. The highest BCUT2D eigenvalue weighted by molar-refractivity contribution is 9.10. The molecule has 3 aromatic carbocycles. The SMILES string of the molecule is CCOC(=O)c1ccc(N=C2SC(=Cc3cc(OC)c(OCc4ccc(F)cc4)cc3Br)C(=O)N2C)cc1. The first-order valence-electron chi connectivity index (χ1n) is 11.6. The molecule has 38 heavy (non-hydrogen) atoms. The molecule has 0 aromatic heterocycles. The van der Waals surface area contributed by atoms with Crippen LogP contribution < -0.4 is 9.47 Å². The molecule has 0 radical (unpaired) electrons. The Bertz CT molecular complexity index is 1410. The van der Waals surface area contributed by atoms with Crippen LogP contribution in [0.4, 0.5) is 10.1 Å². The van der Waals surface area contributed by atoms with Crippen molar-refractivity contribution in [1.29, 1.82) is 0 Å². The number of thioether (sulfide) groups is 1. The van der Waals surface area contributed by atoms with Crippen LogP contribution in [-0.2, 0) is 16.1 Å². The van der Waals surface area contributed by atoms with Crippen molar-refractivity contribution in [2.45, 2.75) is 13.5 Å². The van der Waals surface area contributed by atoms with Crippen molar-refractivity contribution in [3.63, 3.8) is 0 Å². The van der Waals surface area contributed by atoms with Gasteiger partial charge in [-0.25, -0.2) is 14.2 Å². The van der Waals surface area contributed by atoms with Crippen molar-refractivity contribution in [2.24, 2.45) is 4.99 Å². The van der Waals surface area contributed by atoms with Crippen molar-refractivity contribution in [3.8, 4) is 11.5 Å². The summed E-state index contributed by atoms with van der Waals surface area (Å²) in [4.78, 5) is 31.3. The summed E-state index contributed by atoms with van der Waals surface area (Å²) in [7, 11) is 3.19. The Hall–Kier alpha value is -3.63. The molecular formula is C28H24BrFN2O5S. The van der Waals surface area contributed by atoms with Crippen molar-refractivity contribution in [1.82, 2.24) is 4.90 Å². The van der Waals surface area contributed by atoms with E-state index in [0.29, 0.717) is 43.9 Å². The maximum Gasteiger partial charge on any atom is 0.338 e. The Morgan fingerprint density at radius 3 is 2.47 bits per heavy atom. The third-order valence-electron chi connectivity index (χ3n) is 5.48. The molecule has 0 spiro atoms. The number of amidine groups is 1. The molecule has 1 amide bonds. The smallest absolute Gasteiger partial charge is 0.338 e. The van der Waals surface area contributed by atoms with Crippen LogP contribution in [-0.4, -0.2) is 42.7 Å². The van der Waals surface area contributed by atoms with Crippen LogP contribution in [0.3, 0.4) is 0 Å². The Kier molecular flexibility index (Phi) is 8.85. The highest BCUT2D eigenvalue weighted by atomic mass is 79.9. The zero-order chi connectivity index (χ0) is 27.2. The summed E-state index contributed by atoms with van der Waals surface area (Å²) in [6, 6.07) is 16.3. The number of aliphatic imine (C=N–C) groups is 1. The molecule has 7 nitrogen and oxygen atoms in total. The molecular weight excluding hydrogens is 575 g/mol. The number of rotatable bonds is 8.